The molecule has 7 nitrogen and oxygen atoms in total. The summed E-state index contributed by atoms with van der Waals surface area (Å²) in [5.74, 6) is 0.618. The van der Waals surface area contributed by atoms with Crippen molar-refractivity contribution in [2.45, 2.75) is 25.5 Å². The van der Waals surface area contributed by atoms with Crippen LogP contribution in [0.5, 0.6) is 5.75 Å². The highest BCUT2D eigenvalue weighted by Crippen LogP contribution is 2.36. The van der Waals surface area contributed by atoms with Gasteiger partial charge in [0, 0.05) is 27.8 Å². The molecule has 0 spiro atoms. The number of hydrogen-bond acceptors (Lipinski definition) is 6. The molecule has 5 N–H and O–H groups in total. The van der Waals surface area contributed by atoms with Gasteiger partial charge in [-0.25, -0.2) is 0 Å². The molecular formula is C23H29BrN2O5. The minimum absolute atomic E-state index is 0.0198. The summed E-state index contributed by atoms with van der Waals surface area (Å²) in [6.45, 7) is 2.87. The Hall–Kier alpha value is -1.94. The Morgan fingerprint density at radius 3 is 2.39 bits per heavy atom. The van der Waals surface area contributed by atoms with E-state index in [9.17, 15) is 20.4 Å². The standard InChI is InChI=1S/C23H29BrN2O5/c1-15-5-3-4-6-20(15)26-16(2)22(24)19-9-18(7-8-21(19)26)31-11-17(30)10-25-23(12-27,13-28)14-29/h3-9,17,25,27-30H,10-14H2,1-2H3. The third-order valence-corrected chi connectivity index (χ3v) is 6.52. The zero-order chi connectivity index (χ0) is 22.6. The lowest BCUT2D eigenvalue weighted by atomic mass is 10.0. The number of aromatic nitrogens is 1. The topological polar surface area (TPSA) is 107 Å². The van der Waals surface area contributed by atoms with Gasteiger partial charge in [0.1, 0.15) is 18.5 Å². The predicted molar refractivity (Wildman–Crippen MR) is 124 cm³/mol. The minimum Gasteiger partial charge on any atom is -0.491 e. The maximum atomic E-state index is 10.2. The second kappa shape index (κ2) is 10.1. The van der Waals surface area contributed by atoms with Crippen molar-refractivity contribution < 1.29 is 25.2 Å². The van der Waals surface area contributed by atoms with Crippen LogP contribution < -0.4 is 10.1 Å². The van der Waals surface area contributed by atoms with E-state index in [0.717, 1.165) is 26.8 Å². The molecule has 2 aromatic carbocycles. The maximum Gasteiger partial charge on any atom is 0.120 e. The number of nitrogens with one attached hydrogen (secondary N) is 1. The van der Waals surface area contributed by atoms with Gasteiger partial charge in [-0.05, 0) is 59.6 Å². The molecule has 0 radical (unpaired) electrons. The number of rotatable bonds is 10. The van der Waals surface area contributed by atoms with Crippen molar-refractivity contribution >= 4 is 26.8 Å². The van der Waals surface area contributed by atoms with Gasteiger partial charge >= 0.3 is 0 Å². The molecule has 1 atom stereocenters. The van der Waals surface area contributed by atoms with Crippen molar-refractivity contribution in [2.24, 2.45) is 0 Å². The molecule has 1 aromatic heterocycles. The second-order valence-electron chi connectivity index (χ2n) is 7.80. The van der Waals surface area contributed by atoms with Crippen LogP contribution in [0.1, 0.15) is 11.3 Å². The van der Waals surface area contributed by atoms with Gasteiger partial charge in [0.2, 0.25) is 0 Å². The molecule has 0 aliphatic heterocycles. The van der Waals surface area contributed by atoms with E-state index in [1.807, 2.05) is 30.3 Å². The highest BCUT2D eigenvalue weighted by molar-refractivity contribution is 9.10. The molecule has 3 rings (SSSR count). The number of ether oxygens (including phenoxy) is 1. The van der Waals surface area contributed by atoms with E-state index in [1.165, 1.54) is 5.56 Å². The molecule has 8 heteroatoms. The van der Waals surface area contributed by atoms with Gasteiger partial charge in [-0.2, -0.15) is 0 Å². The van der Waals surface area contributed by atoms with Crippen LogP contribution in [-0.4, -0.2) is 69.6 Å². The molecule has 0 fully saturated rings. The fraction of sp³-hybridized carbons (Fsp3) is 0.391. The zero-order valence-electron chi connectivity index (χ0n) is 17.7. The van der Waals surface area contributed by atoms with Crippen LogP contribution >= 0.6 is 15.9 Å². The molecule has 1 unspecified atom stereocenters. The van der Waals surface area contributed by atoms with E-state index in [2.05, 4.69) is 51.8 Å². The monoisotopic (exact) mass is 492 g/mol. The van der Waals surface area contributed by atoms with E-state index < -0.39 is 31.5 Å². The Morgan fingerprint density at radius 2 is 1.74 bits per heavy atom. The number of aryl methyl sites for hydroxylation is 1. The number of nitrogens with zero attached hydrogens (tertiary/aromatic N) is 1. The molecule has 1 heterocycles. The first-order chi connectivity index (χ1) is 14.9. The van der Waals surface area contributed by atoms with Crippen LogP contribution in [0.3, 0.4) is 0 Å². The fourth-order valence-electron chi connectivity index (χ4n) is 3.48. The third kappa shape index (κ3) is 4.95. The van der Waals surface area contributed by atoms with Gasteiger partial charge in [0.25, 0.3) is 0 Å². The summed E-state index contributed by atoms with van der Waals surface area (Å²) in [6.07, 6.45) is -0.888. The van der Waals surface area contributed by atoms with Crippen LogP contribution in [-0.2, 0) is 0 Å². The number of para-hydroxylation sites is 1. The Balaban J connectivity index is 1.75. The summed E-state index contributed by atoms with van der Waals surface area (Å²) < 4.78 is 8.96. The number of aliphatic hydroxyl groups is 4. The van der Waals surface area contributed by atoms with E-state index in [-0.39, 0.29) is 13.2 Å². The molecule has 3 aromatic rings. The first-order valence-corrected chi connectivity index (χ1v) is 10.9. The SMILES string of the molecule is Cc1ccccc1-n1c(C)c(Br)c2cc(OCC(O)CNC(CO)(CO)CO)ccc21. The fourth-order valence-corrected chi connectivity index (χ4v) is 3.97. The molecule has 0 amide bonds. The Labute approximate surface area is 190 Å². The van der Waals surface area contributed by atoms with Crippen molar-refractivity contribution in [2.75, 3.05) is 33.0 Å². The second-order valence-corrected chi connectivity index (χ2v) is 8.59. The van der Waals surface area contributed by atoms with E-state index >= 15 is 0 Å². The lowest BCUT2D eigenvalue weighted by Gasteiger charge is -2.29. The van der Waals surface area contributed by atoms with E-state index in [1.54, 1.807) is 0 Å². The first kappa shape index (κ1) is 23.7. The zero-order valence-corrected chi connectivity index (χ0v) is 19.3. The number of β-amino-alcohol motifs (C(OH)–C–C–N with tert-alkyl or cyclic N) is 1. The molecular weight excluding hydrogens is 464 g/mol. The van der Waals surface area contributed by atoms with Gasteiger partial charge in [-0.1, -0.05) is 18.2 Å². The van der Waals surface area contributed by atoms with Crippen LogP contribution in [0.4, 0.5) is 0 Å². The molecule has 168 valence electrons. The smallest absolute Gasteiger partial charge is 0.120 e. The van der Waals surface area contributed by atoms with Crippen molar-refractivity contribution in [1.29, 1.82) is 0 Å². The predicted octanol–water partition coefficient (Wildman–Crippen LogP) is 2.05. The first-order valence-electron chi connectivity index (χ1n) is 10.1. The average Bonchev–Trinajstić information content (AvgIpc) is 3.04. The molecule has 0 saturated heterocycles. The summed E-state index contributed by atoms with van der Waals surface area (Å²) in [7, 11) is 0. The number of fused-ring (bicyclic) bond motifs is 1. The summed E-state index contributed by atoms with van der Waals surface area (Å²) in [5.41, 5.74) is 3.19. The Kier molecular flexibility index (Phi) is 7.74. The van der Waals surface area contributed by atoms with Crippen molar-refractivity contribution in [3.8, 4) is 11.4 Å². The normalized spacial score (nSPS) is 13.0. The molecule has 31 heavy (non-hydrogen) atoms. The van der Waals surface area contributed by atoms with Crippen LogP contribution in [0.25, 0.3) is 16.6 Å². The molecule has 0 aliphatic rings. The quantitative estimate of drug-likeness (QED) is 0.296. The summed E-state index contributed by atoms with van der Waals surface area (Å²) >= 11 is 3.70. The summed E-state index contributed by atoms with van der Waals surface area (Å²) in [6, 6.07) is 14.0. The average molecular weight is 493 g/mol. The van der Waals surface area contributed by atoms with Crippen LogP contribution in [0.15, 0.2) is 46.9 Å². The van der Waals surface area contributed by atoms with Gasteiger partial charge in [-0.3, -0.25) is 0 Å². The van der Waals surface area contributed by atoms with Gasteiger partial charge in [0.05, 0.1) is 30.9 Å². The van der Waals surface area contributed by atoms with Gasteiger partial charge < -0.3 is 35.0 Å². The maximum absolute atomic E-state index is 10.2. The van der Waals surface area contributed by atoms with Crippen molar-refractivity contribution in [3.05, 3.63) is 58.2 Å². The number of halogens is 1. The minimum atomic E-state index is -1.24. The number of aliphatic hydroxyl groups excluding tert-OH is 4. The highest BCUT2D eigenvalue weighted by Gasteiger charge is 2.28. The van der Waals surface area contributed by atoms with E-state index in [0.29, 0.717) is 5.75 Å². The molecule has 0 bridgehead atoms. The van der Waals surface area contributed by atoms with Crippen LogP contribution in [0.2, 0.25) is 0 Å². The largest absolute Gasteiger partial charge is 0.491 e. The van der Waals surface area contributed by atoms with Gasteiger partial charge in [-0.15, -0.1) is 0 Å². The van der Waals surface area contributed by atoms with Crippen molar-refractivity contribution in [1.82, 2.24) is 9.88 Å². The highest BCUT2D eigenvalue weighted by atomic mass is 79.9. The molecule has 0 saturated carbocycles. The lowest BCUT2D eigenvalue weighted by molar-refractivity contribution is 0.0261. The lowest BCUT2D eigenvalue weighted by Crippen LogP contribution is -2.57. The van der Waals surface area contributed by atoms with Crippen molar-refractivity contribution in [3.63, 3.8) is 0 Å². The summed E-state index contributed by atoms with van der Waals surface area (Å²) in [5, 5.41) is 42.1. The Bertz CT molecular complexity index is 1020. The van der Waals surface area contributed by atoms with Gasteiger partial charge in [0.15, 0.2) is 0 Å². The number of hydrogen-bond donors (Lipinski definition) is 5. The third-order valence-electron chi connectivity index (χ3n) is 5.52. The summed E-state index contributed by atoms with van der Waals surface area (Å²) in [4.78, 5) is 0. The number of benzene rings is 2. The van der Waals surface area contributed by atoms with E-state index in [4.69, 9.17) is 4.74 Å². The molecule has 0 aliphatic carbocycles. The Morgan fingerprint density at radius 1 is 1.06 bits per heavy atom. The van der Waals surface area contributed by atoms with Crippen LogP contribution in [0, 0.1) is 13.8 Å².